The van der Waals surface area contributed by atoms with Crippen molar-refractivity contribution < 1.29 is 30.6 Å². The van der Waals surface area contributed by atoms with E-state index in [-0.39, 0.29) is 5.48 Å². The molecule has 1 rings (SSSR count). The van der Waals surface area contributed by atoms with Gasteiger partial charge in [-0.25, -0.2) is 0 Å². The Hall–Kier alpha value is -0.240. The number of hydrogen-bond acceptors (Lipinski definition) is 5. The zero-order chi connectivity index (χ0) is 8.59. The maximum Gasteiger partial charge on any atom is 0.183 e. The van der Waals surface area contributed by atoms with Crippen LogP contribution in [-0.2, 0) is 4.74 Å². The van der Waals surface area contributed by atoms with Crippen LogP contribution in [-0.4, -0.2) is 56.6 Å². The van der Waals surface area contributed by atoms with Crippen molar-refractivity contribution >= 4 is 0 Å². The lowest BCUT2D eigenvalue weighted by Gasteiger charge is -2.36. The third-order valence-electron chi connectivity index (χ3n) is 1.83. The maximum atomic E-state index is 9.09. The third-order valence-corrected chi connectivity index (χ3v) is 1.83. The van der Waals surface area contributed by atoms with Crippen LogP contribution in [0.3, 0.4) is 0 Å². The Morgan fingerprint density at radius 3 is 1.92 bits per heavy atom. The molecule has 0 spiro atoms. The average molecular weight is 182 g/mol. The first-order valence-corrected chi connectivity index (χ1v) is 3.41. The summed E-state index contributed by atoms with van der Waals surface area (Å²) in [6.07, 6.45) is -5.99. The summed E-state index contributed by atoms with van der Waals surface area (Å²) in [5, 5.41) is 36.0. The Morgan fingerprint density at radius 1 is 0.917 bits per heavy atom. The van der Waals surface area contributed by atoms with E-state index >= 15 is 0 Å². The summed E-state index contributed by atoms with van der Waals surface area (Å²) in [4.78, 5) is 0. The SMILES string of the molecule is C[C@H]1O[C@H](O)[C@H](O)[C@@H](O)[C@H]1O.O. The smallest absolute Gasteiger partial charge is 0.183 e. The summed E-state index contributed by atoms with van der Waals surface area (Å²) >= 11 is 0. The second-order valence-electron chi connectivity index (χ2n) is 2.70. The molecule has 0 amide bonds. The van der Waals surface area contributed by atoms with Gasteiger partial charge in [-0.3, -0.25) is 0 Å². The molecule has 1 saturated heterocycles. The number of rotatable bonds is 0. The van der Waals surface area contributed by atoms with Crippen molar-refractivity contribution in [2.45, 2.75) is 37.6 Å². The molecule has 5 atom stereocenters. The van der Waals surface area contributed by atoms with E-state index in [1.54, 1.807) is 0 Å². The topological polar surface area (TPSA) is 122 Å². The van der Waals surface area contributed by atoms with E-state index in [9.17, 15) is 0 Å². The minimum absolute atomic E-state index is 0. The standard InChI is InChI=1S/C6H12O5.H2O/c1-2-3(7)4(8)5(9)6(10)11-2;/h2-10H,1H3;1H2/t2-,3+,4+,5-,6+;/m1./s1. The van der Waals surface area contributed by atoms with Crippen LogP contribution in [0.4, 0.5) is 0 Å². The molecule has 1 aliphatic heterocycles. The van der Waals surface area contributed by atoms with Gasteiger partial charge < -0.3 is 30.6 Å². The highest BCUT2D eigenvalue weighted by Crippen LogP contribution is 2.18. The Balaban J connectivity index is 0.00000121. The lowest BCUT2D eigenvalue weighted by atomic mass is 10.0. The monoisotopic (exact) mass is 182 g/mol. The molecule has 74 valence electrons. The van der Waals surface area contributed by atoms with Crippen LogP contribution >= 0.6 is 0 Å². The Labute approximate surface area is 69.3 Å². The molecule has 0 unspecified atom stereocenters. The predicted octanol–water partition coefficient (Wildman–Crippen LogP) is -3.02. The number of aliphatic hydroxyl groups is 4. The maximum absolute atomic E-state index is 9.09. The van der Waals surface area contributed by atoms with E-state index in [1.807, 2.05) is 0 Å². The van der Waals surface area contributed by atoms with Gasteiger partial charge in [0.05, 0.1) is 6.10 Å². The summed E-state index contributed by atoms with van der Waals surface area (Å²) in [6.45, 7) is 1.50. The van der Waals surface area contributed by atoms with E-state index in [2.05, 4.69) is 4.74 Å². The molecule has 0 radical (unpaired) electrons. The Morgan fingerprint density at radius 2 is 1.42 bits per heavy atom. The fourth-order valence-corrected chi connectivity index (χ4v) is 1.03. The third kappa shape index (κ3) is 1.92. The summed E-state index contributed by atoms with van der Waals surface area (Å²) < 4.78 is 4.68. The van der Waals surface area contributed by atoms with E-state index < -0.39 is 30.7 Å². The van der Waals surface area contributed by atoms with Gasteiger partial charge in [-0.15, -0.1) is 0 Å². The first-order valence-electron chi connectivity index (χ1n) is 3.41. The van der Waals surface area contributed by atoms with Crippen LogP contribution in [0.15, 0.2) is 0 Å². The van der Waals surface area contributed by atoms with Gasteiger partial charge in [-0.1, -0.05) is 0 Å². The van der Waals surface area contributed by atoms with Gasteiger partial charge in [0, 0.05) is 0 Å². The first-order chi connectivity index (χ1) is 5.04. The van der Waals surface area contributed by atoms with E-state index in [0.29, 0.717) is 0 Å². The second-order valence-corrected chi connectivity index (χ2v) is 2.70. The fourth-order valence-electron chi connectivity index (χ4n) is 1.03. The molecule has 0 aliphatic carbocycles. The average Bonchev–Trinajstić information content (AvgIpc) is 1.97. The number of ether oxygens (including phenoxy) is 1. The Kier molecular flexibility index (Phi) is 4.04. The summed E-state index contributed by atoms with van der Waals surface area (Å²) in [5.74, 6) is 0. The molecule has 0 saturated carbocycles. The molecule has 0 aromatic rings. The van der Waals surface area contributed by atoms with Crippen molar-refractivity contribution in [1.29, 1.82) is 0 Å². The highest BCUT2D eigenvalue weighted by atomic mass is 16.6. The molecule has 6 N–H and O–H groups in total. The zero-order valence-corrected chi connectivity index (χ0v) is 6.58. The summed E-state index contributed by atoms with van der Waals surface area (Å²) in [6, 6.07) is 0. The van der Waals surface area contributed by atoms with Crippen molar-refractivity contribution in [2.75, 3.05) is 0 Å². The molecule has 0 aromatic heterocycles. The first kappa shape index (κ1) is 11.8. The van der Waals surface area contributed by atoms with Gasteiger partial charge in [0.1, 0.15) is 18.3 Å². The zero-order valence-electron chi connectivity index (χ0n) is 6.58. The number of aliphatic hydroxyl groups excluding tert-OH is 4. The van der Waals surface area contributed by atoms with Gasteiger partial charge in [-0.05, 0) is 6.92 Å². The minimum atomic E-state index is -1.43. The molecule has 6 nitrogen and oxygen atoms in total. The van der Waals surface area contributed by atoms with Crippen molar-refractivity contribution in [3.8, 4) is 0 Å². The molecule has 1 aliphatic rings. The van der Waals surface area contributed by atoms with Crippen LogP contribution in [0.25, 0.3) is 0 Å². The Bertz CT molecular complexity index is 126. The van der Waals surface area contributed by atoms with Crippen LogP contribution in [0.2, 0.25) is 0 Å². The predicted molar refractivity (Wildman–Crippen MR) is 38.2 cm³/mol. The minimum Gasteiger partial charge on any atom is -0.412 e. The van der Waals surface area contributed by atoms with Crippen LogP contribution in [0, 0.1) is 0 Å². The van der Waals surface area contributed by atoms with Gasteiger partial charge in [0.2, 0.25) is 0 Å². The molecular formula is C6H14O6. The molecule has 0 bridgehead atoms. The van der Waals surface area contributed by atoms with Gasteiger partial charge in [0.15, 0.2) is 6.29 Å². The second kappa shape index (κ2) is 4.13. The normalized spacial score (nSPS) is 48.2. The van der Waals surface area contributed by atoms with Gasteiger partial charge in [0.25, 0.3) is 0 Å². The molecule has 1 heterocycles. The molecule has 6 heteroatoms. The summed E-state index contributed by atoms with van der Waals surface area (Å²) in [7, 11) is 0. The highest BCUT2D eigenvalue weighted by molar-refractivity contribution is 4.86. The van der Waals surface area contributed by atoms with Gasteiger partial charge >= 0.3 is 0 Å². The summed E-state index contributed by atoms with van der Waals surface area (Å²) in [5.41, 5.74) is 0. The molecular weight excluding hydrogens is 168 g/mol. The van der Waals surface area contributed by atoms with Crippen molar-refractivity contribution in [2.24, 2.45) is 0 Å². The molecule has 1 fully saturated rings. The van der Waals surface area contributed by atoms with Crippen molar-refractivity contribution in [3.63, 3.8) is 0 Å². The van der Waals surface area contributed by atoms with E-state index in [1.165, 1.54) is 6.92 Å². The quantitative estimate of drug-likeness (QED) is 0.317. The van der Waals surface area contributed by atoms with Gasteiger partial charge in [-0.2, -0.15) is 0 Å². The molecule has 0 aromatic carbocycles. The van der Waals surface area contributed by atoms with Crippen LogP contribution in [0.5, 0.6) is 0 Å². The van der Waals surface area contributed by atoms with E-state index in [4.69, 9.17) is 20.4 Å². The fraction of sp³-hybridized carbons (Fsp3) is 1.00. The van der Waals surface area contributed by atoms with Crippen molar-refractivity contribution in [3.05, 3.63) is 0 Å². The van der Waals surface area contributed by atoms with Crippen molar-refractivity contribution in [1.82, 2.24) is 0 Å². The number of hydrogen-bond donors (Lipinski definition) is 4. The lowest BCUT2D eigenvalue weighted by Crippen LogP contribution is -2.56. The van der Waals surface area contributed by atoms with E-state index in [0.717, 1.165) is 0 Å². The van der Waals surface area contributed by atoms with Crippen LogP contribution < -0.4 is 0 Å². The largest absolute Gasteiger partial charge is 0.412 e. The highest BCUT2D eigenvalue weighted by Gasteiger charge is 2.40. The molecule has 12 heavy (non-hydrogen) atoms. The lowest BCUT2D eigenvalue weighted by molar-refractivity contribution is -0.277. The van der Waals surface area contributed by atoms with Crippen LogP contribution in [0.1, 0.15) is 6.92 Å².